The van der Waals surface area contributed by atoms with Gasteiger partial charge in [0.05, 0.1) is 10.7 Å². The van der Waals surface area contributed by atoms with Crippen molar-refractivity contribution >= 4 is 40.9 Å². The number of anilines is 1. The second-order valence-corrected chi connectivity index (χ2v) is 9.91. The SMILES string of the molecule is NC(=O)Nc1cc(Cl)c(O)cc1OC[C@@H](O)CN1CCC2(CC1)Cc1cc(Cl)ccc1O2.O=C(O)C(F)(F)F. The molecule has 15 heteroatoms. The number of aliphatic hydroxyl groups excluding tert-OH is 1. The number of phenolic OH excluding ortho intramolecular Hbond substituents is 1. The van der Waals surface area contributed by atoms with Gasteiger partial charge in [-0.25, -0.2) is 9.59 Å². The summed E-state index contributed by atoms with van der Waals surface area (Å²) < 4.78 is 43.6. The van der Waals surface area contributed by atoms with E-state index in [0.29, 0.717) is 11.6 Å². The number of amides is 2. The number of carbonyl (C=O) groups excluding carboxylic acids is 1. The van der Waals surface area contributed by atoms with Crippen molar-refractivity contribution in [2.24, 2.45) is 5.73 Å². The number of β-amino-alcohol motifs (C(OH)–C–C–N with tert-alkyl or cyclic N) is 1. The Morgan fingerprint density at radius 3 is 2.44 bits per heavy atom. The molecule has 0 bridgehead atoms. The van der Waals surface area contributed by atoms with Crippen LogP contribution in [0.3, 0.4) is 0 Å². The number of nitrogens with one attached hydrogen (secondary N) is 1. The van der Waals surface area contributed by atoms with Crippen molar-refractivity contribution in [3.63, 3.8) is 0 Å². The molecule has 1 spiro atoms. The summed E-state index contributed by atoms with van der Waals surface area (Å²) >= 11 is 12.0. The van der Waals surface area contributed by atoms with Crippen molar-refractivity contribution in [3.8, 4) is 17.2 Å². The summed E-state index contributed by atoms with van der Waals surface area (Å²) in [6.45, 7) is 1.97. The van der Waals surface area contributed by atoms with Gasteiger partial charge in [0.2, 0.25) is 0 Å². The van der Waals surface area contributed by atoms with Gasteiger partial charge in [0.1, 0.15) is 35.6 Å². The summed E-state index contributed by atoms with van der Waals surface area (Å²) in [6.07, 6.45) is -3.31. The number of nitrogens with two attached hydrogens (primary N) is 1. The molecule has 6 N–H and O–H groups in total. The highest BCUT2D eigenvalue weighted by atomic mass is 35.5. The number of piperidine rings is 1. The monoisotopic (exact) mass is 595 g/mol. The van der Waals surface area contributed by atoms with Crippen LogP contribution >= 0.6 is 23.2 Å². The van der Waals surface area contributed by atoms with Crippen LogP contribution in [0.5, 0.6) is 17.2 Å². The highest BCUT2D eigenvalue weighted by molar-refractivity contribution is 6.32. The number of primary amides is 1. The lowest BCUT2D eigenvalue weighted by molar-refractivity contribution is -0.192. The Kier molecular flexibility index (Phi) is 9.64. The first-order valence-corrected chi connectivity index (χ1v) is 12.3. The number of urea groups is 1. The maximum Gasteiger partial charge on any atom is 0.490 e. The maximum atomic E-state index is 11.2. The lowest BCUT2D eigenvalue weighted by Crippen LogP contribution is -2.49. The van der Waals surface area contributed by atoms with E-state index in [-0.39, 0.29) is 34.4 Å². The molecule has 0 aliphatic carbocycles. The van der Waals surface area contributed by atoms with Crippen molar-refractivity contribution in [2.45, 2.75) is 37.1 Å². The minimum Gasteiger partial charge on any atom is -0.506 e. The minimum absolute atomic E-state index is 0.0312. The molecule has 1 saturated heterocycles. The van der Waals surface area contributed by atoms with Gasteiger partial charge in [-0.15, -0.1) is 0 Å². The van der Waals surface area contributed by atoms with Gasteiger partial charge in [-0.1, -0.05) is 23.2 Å². The van der Waals surface area contributed by atoms with Crippen molar-refractivity contribution in [3.05, 3.63) is 45.9 Å². The molecule has 39 heavy (non-hydrogen) atoms. The van der Waals surface area contributed by atoms with E-state index in [1.807, 2.05) is 18.2 Å². The topological polar surface area (TPSA) is 155 Å². The normalized spacial score (nSPS) is 16.9. The molecule has 214 valence electrons. The zero-order chi connectivity index (χ0) is 29.0. The highest BCUT2D eigenvalue weighted by Crippen LogP contribution is 2.42. The van der Waals surface area contributed by atoms with E-state index in [4.69, 9.17) is 48.3 Å². The maximum absolute atomic E-state index is 11.2. The van der Waals surface area contributed by atoms with Crippen LogP contribution < -0.4 is 20.5 Å². The first-order chi connectivity index (χ1) is 18.2. The molecule has 2 aromatic carbocycles. The Bertz CT molecular complexity index is 1210. The molecule has 2 aliphatic heterocycles. The Morgan fingerprint density at radius 2 is 1.85 bits per heavy atom. The van der Waals surface area contributed by atoms with E-state index in [1.165, 1.54) is 12.1 Å². The van der Waals surface area contributed by atoms with Gasteiger partial charge in [0.25, 0.3) is 0 Å². The third-order valence-electron chi connectivity index (χ3n) is 6.08. The van der Waals surface area contributed by atoms with Crippen LogP contribution in [-0.2, 0) is 11.2 Å². The molecular weight excluding hydrogens is 570 g/mol. The number of aliphatic hydroxyl groups is 1. The number of benzene rings is 2. The number of carboxylic acid groups (broad SMARTS) is 1. The molecule has 2 aliphatic rings. The molecule has 2 amide bonds. The number of ether oxygens (including phenoxy) is 2. The van der Waals surface area contributed by atoms with Gasteiger partial charge >= 0.3 is 18.2 Å². The van der Waals surface area contributed by atoms with Crippen molar-refractivity contribution < 1.29 is 47.6 Å². The van der Waals surface area contributed by atoms with E-state index in [9.17, 15) is 28.2 Å². The number of carboxylic acids is 1. The van der Waals surface area contributed by atoms with E-state index < -0.39 is 24.3 Å². The summed E-state index contributed by atoms with van der Waals surface area (Å²) in [5, 5.41) is 30.6. The average molecular weight is 596 g/mol. The number of aromatic hydroxyl groups is 1. The minimum atomic E-state index is -5.08. The van der Waals surface area contributed by atoms with Crippen LogP contribution in [0.4, 0.5) is 23.7 Å². The lowest BCUT2D eigenvalue weighted by Gasteiger charge is -2.39. The molecule has 0 saturated carbocycles. The molecular formula is C24H26Cl2F3N3O7. The number of alkyl halides is 3. The Balaban J connectivity index is 0.000000532. The van der Waals surface area contributed by atoms with Crippen LogP contribution in [0.1, 0.15) is 18.4 Å². The number of nitrogens with zero attached hydrogens (tertiary/aromatic N) is 1. The fraction of sp³-hybridized carbons (Fsp3) is 0.417. The van der Waals surface area contributed by atoms with Crippen LogP contribution in [0.2, 0.25) is 10.0 Å². The van der Waals surface area contributed by atoms with Crippen LogP contribution in [0.25, 0.3) is 0 Å². The fourth-order valence-corrected chi connectivity index (χ4v) is 4.61. The van der Waals surface area contributed by atoms with E-state index >= 15 is 0 Å². The van der Waals surface area contributed by atoms with Gasteiger partial charge in [0.15, 0.2) is 0 Å². The first-order valence-electron chi connectivity index (χ1n) is 11.6. The number of fused-ring (bicyclic) bond motifs is 1. The smallest absolute Gasteiger partial charge is 0.490 e. The zero-order valence-corrected chi connectivity index (χ0v) is 21.8. The number of likely N-dealkylation sites (tertiary alicyclic amines) is 1. The number of rotatable bonds is 6. The lowest BCUT2D eigenvalue weighted by atomic mass is 9.87. The number of aliphatic carboxylic acids is 1. The summed E-state index contributed by atoms with van der Waals surface area (Å²) in [7, 11) is 0. The molecule has 1 fully saturated rings. The zero-order valence-electron chi connectivity index (χ0n) is 20.3. The van der Waals surface area contributed by atoms with Gasteiger partial charge in [-0.05, 0) is 29.8 Å². The third-order valence-corrected chi connectivity index (χ3v) is 6.62. The summed E-state index contributed by atoms with van der Waals surface area (Å²) in [5.74, 6) is -1.89. The third kappa shape index (κ3) is 8.43. The van der Waals surface area contributed by atoms with Crippen LogP contribution in [0.15, 0.2) is 30.3 Å². The Morgan fingerprint density at radius 1 is 1.21 bits per heavy atom. The predicted octanol–water partition coefficient (Wildman–Crippen LogP) is 4.03. The number of halogens is 5. The number of hydrogen-bond donors (Lipinski definition) is 5. The summed E-state index contributed by atoms with van der Waals surface area (Å²) in [4.78, 5) is 22.3. The second kappa shape index (κ2) is 12.4. The van der Waals surface area contributed by atoms with Crippen molar-refractivity contribution in [1.29, 1.82) is 0 Å². The largest absolute Gasteiger partial charge is 0.506 e. The number of phenols is 1. The molecule has 0 unspecified atom stereocenters. The van der Waals surface area contributed by atoms with Crippen LogP contribution in [0, 0.1) is 0 Å². The fourth-order valence-electron chi connectivity index (χ4n) is 4.25. The Labute approximate surface area is 231 Å². The molecule has 2 aromatic rings. The van der Waals surface area contributed by atoms with Gasteiger partial charge < -0.3 is 40.7 Å². The Hall–Kier alpha value is -3.13. The molecule has 2 heterocycles. The van der Waals surface area contributed by atoms with Gasteiger partial charge in [-0.2, -0.15) is 13.2 Å². The standard InChI is InChI=1S/C22H25Cl2N3O5.C2HF3O2/c23-14-1-2-19-13(7-14)10-22(32-19)3-5-27(6-4-22)11-15(28)12-31-20-9-18(29)16(24)8-17(20)26-21(25)30;3-2(4,5)1(6)7/h1-2,7-9,15,28-29H,3-6,10-12H2,(H3,25,26,30);(H,6,7)/t15-;/m0./s1. The van der Waals surface area contributed by atoms with Crippen molar-refractivity contribution in [1.82, 2.24) is 4.90 Å². The summed E-state index contributed by atoms with van der Waals surface area (Å²) in [6, 6.07) is 7.55. The van der Waals surface area contributed by atoms with Gasteiger partial charge in [0, 0.05) is 50.0 Å². The van der Waals surface area contributed by atoms with E-state index in [0.717, 1.165) is 43.7 Å². The number of carbonyl (C=O) groups is 2. The number of hydrogen-bond acceptors (Lipinski definition) is 7. The predicted molar refractivity (Wildman–Crippen MR) is 136 cm³/mol. The molecule has 4 rings (SSSR count). The second-order valence-electron chi connectivity index (χ2n) is 9.07. The molecule has 1 atom stereocenters. The van der Waals surface area contributed by atoms with Gasteiger partial charge in [-0.3, -0.25) is 0 Å². The van der Waals surface area contributed by atoms with Crippen LogP contribution in [-0.4, -0.2) is 76.3 Å². The van der Waals surface area contributed by atoms with Crippen molar-refractivity contribution in [2.75, 3.05) is 31.6 Å². The molecule has 10 nitrogen and oxygen atoms in total. The molecule has 0 aromatic heterocycles. The van der Waals surface area contributed by atoms with E-state index in [1.54, 1.807) is 0 Å². The van der Waals surface area contributed by atoms with E-state index in [2.05, 4.69) is 10.2 Å². The quantitative estimate of drug-likeness (QED) is 0.313. The molecule has 0 radical (unpaired) electrons. The average Bonchev–Trinajstić information content (AvgIpc) is 3.18. The first kappa shape index (κ1) is 30.4. The highest BCUT2D eigenvalue weighted by Gasteiger charge is 2.42. The summed E-state index contributed by atoms with van der Waals surface area (Å²) in [5.41, 5.74) is 6.31.